The van der Waals surface area contributed by atoms with Crippen molar-refractivity contribution in [3.8, 4) is 5.82 Å². The summed E-state index contributed by atoms with van der Waals surface area (Å²) in [7, 11) is 0. The van der Waals surface area contributed by atoms with Crippen LogP contribution in [0.5, 0.6) is 0 Å². The van der Waals surface area contributed by atoms with Gasteiger partial charge in [-0.2, -0.15) is 5.10 Å². The van der Waals surface area contributed by atoms with Crippen molar-refractivity contribution < 1.29 is 4.79 Å². The van der Waals surface area contributed by atoms with Crippen LogP contribution in [-0.4, -0.2) is 32.8 Å². The van der Waals surface area contributed by atoms with Crippen LogP contribution in [0.1, 0.15) is 35.6 Å². The third kappa shape index (κ3) is 5.82. The fourth-order valence-electron chi connectivity index (χ4n) is 1.92. The maximum Gasteiger partial charge on any atom is 0.252 e. The van der Waals surface area contributed by atoms with Gasteiger partial charge in [0.2, 0.25) is 0 Å². The van der Waals surface area contributed by atoms with Crippen LogP contribution in [0.15, 0.2) is 24.4 Å². The Balaban J connectivity index is 0.00000242. The lowest BCUT2D eigenvalue weighted by Crippen LogP contribution is -2.45. The maximum atomic E-state index is 12.0. The molecule has 128 valence electrons. The van der Waals surface area contributed by atoms with E-state index in [2.05, 4.69) is 15.4 Å². The first-order valence-electron chi connectivity index (χ1n) is 6.83. The predicted molar refractivity (Wildman–Crippen MR) is 95.9 cm³/mol. The van der Waals surface area contributed by atoms with Gasteiger partial charge in [-0.25, -0.2) is 9.67 Å². The van der Waals surface area contributed by atoms with E-state index in [1.54, 1.807) is 23.0 Å². The number of aromatic nitrogens is 3. The summed E-state index contributed by atoms with van der Waals surface area (Å²) in [4.78, 5) is 16.3. The quantitative estimate of drug-likeness (QED) is 0.875. The topological polar surface area (TPSA) is 85.8 Å². The SMILES string of the molecule is Cc1cc(C)n(-c2ccc(C(=O)NCC(C)(C)N)cn2)n1.Cl.Cl. The molecule has 0 spiro atoms. The minimum absolute atomic E-state index is 0. The van der Waals surface area contributed by atoms with Crippen molar-refractivity contribution in [3.63, 3.8) is 0 Å². The number of carbonyl (C=O) groups excluding carboxylic acids is 1. The summed E-state index contributed by atoms with van der Waals surface area (Å²) in [6, 6.07) is 5.49. The molecule has 0 radical (unpaired) electrons. The van der Waals surface area contributed by atoms with E-state index < -0.39 is 5.54 Å². The van der Waals surface area contributed by atoms with Gasteiger partial charge in [0, 0.05) is 24.0 Å². The Bertz CT molecular complexity index is 647. The average Bonchev–Trinajstić information content (AvgIpc) is 2.74. The molecule has 6 nitrogen and oxygen atoms in total. The van der Waals surface area contributed by atoms with E-state index in [1.165, 1.54) is 0 Å². The molecule has 0 saturated heterocycles. The largest absolute Gasteiger partial charge is 0.350 e. The van der Waals surface area contributed by atoms with Crippen molar-refractivity contribution in [2.45, 2.75) is 33.2 Å². The molecule has 0 atom stereocenters. The molecule has 3 N–H and O–H groups in total. The van der Waals surface area contributed by atoms with Gasteiger partial charge in [0.25, 0.3) is 5.91 Å². The standard InChI is InChI=1S/C15H21N5O.2ClH/c1-10-7-11(2)20(19-10)13-6-5-12(8-17-13)14(21)18-9-15(3,4)16;;/h5-8H,9,16H2,1-4H3,(H,18,21);2*1H. The van der Waals surface area contributed by atoms with Gasteiger partial charge in [0.1, 0.15) is 0 Å². The fraction of sp³-hybridized carbons (Fsp3) is 0.400. The molecule has 2 rings (SSSR count). The van der Waals surface area contributed by atoms with Crippen LogP contribution in [0.4, 0.5) is 0 Å². The van der Waals surface area contributed by atoms with Crippen LogP contribution < -0.4 is 11.1 Å². The molecule has 23 heavy (non-hydrogen) atoms. The van der Waals surface area contributed by atoms with Crippen molar-refractivity contribution in [2.75, 3.05) is 6.54 Å². The van der Waals surface area contributed by atoms with E-state index in [4.69, 9.17) is 5.73 Å². The monoisotopic (exact) mass is 359 g/mol. The second kappa shape index (κ2) is 8.29. The number of rotatable bonds is 4. The number of halogens is 2. The summed E-state index contributed by atoms with van der Waals surface area (Å²) >= 11 is 0. The molecule has 0 bridgehead atoms. The molecule has 8 heteroatoms. The highest BCUT2D eigenvalue weighted by Gasteiger charge is 2.14. The Kier molecular flexibility index (Phi) is 7.70. The van der Waals surface area contributed by atoms with E-state index >= 15 is 0 Å². The Morgan fingerprint density at radius 1 is 1.30 bits per heavy atom. The van der Waals surface area contributed by atoms with E-state index in [0.717, 1.165) is 11.4 Å². The normalized spacial score (nSPS) is 10.5. The van der Waals surface area contributed by atoms with Crippen molar-refractivity contribution in [3.05, 3.63) is 41.3 Å². The second-order valence-electron chi connectivity index (χ2n) is 5.92. The summed E-state index contributed by atoms with van der Waals surface area (Å²) < 4.78 is 1.75. The second-order valence-corrected chi connectivity index (χ2v) is 5.92. The van der Waals surface area contributed by atoms with Crippen molar-refractivity contribution >= 4 is 30.7 Å². The van der Waals surface area contributed by atoms with Crippen molar-refractivity contribution in [1.82, 2.24) is 20.1 Å². The number of amides is 1. The lowest BCUT2D eigenvalue weighted by atomic mass is 10.1. The summed E-state index contributed by atoms with van der Waals surface area (Å²) in [5, 5.41) is 7.15. The molecule has 0 aliphatic rings. The third-order valence-electron chi connectivity index (χ3n) is 2.94. The highest BCUT2D eigenvalue weighted by atomic mass is 35.5. The number of pyridine rings is 1. The number of hydrogen-bond donors (Lipinski definition) is 2. The number of nitrogens with one attached hydrogen (secondary N) is 1. The van der Waals surface area contributed by atoms with Crippen LogP contribution in [0.2, 0.25) is 0 Å². The fourth-order valence-corrected chi connectivity index (χ4v) is 1.92. The van der Waals surface area contributed by atoms with Gasteiger partial charge < -0.3 is 11.1 Å². The molecular formula is C15H23Cl2N5O. The lowest BCUT2D eigenvalue weighted by molar-refractivity contribution is 0.0945. The first-order valence-corrected chi connectivity index (χ1v) is 6.83. The van der Waals surface area contributed by atoms with Crippen LogP contribution in [-0.2, 0) is 0 Å². The molecule has 0 aliphatic heterocycles. The Morgan fingerprint density at radius 2 is 1.96 bits per heavy atom. The zero-order valence-corrected chi connectivity index (χ0v) is 15.3. The van der Waals surface area contributed by atoms with Crippen LogP contribution >= 0.6 is 24.8 Å². The average molecular weight is 360 g/mol. The molecule has 0 fully saturated rings. The molecule has 0 aromatic carbocycles. The zero-order valence-electron chi connectivity index (χ0n) is 13.7. The number of nitrogens with two attached hydrogens (primary N) is 1. The van der Waals surface area contributed by atoms with E-state index in [-0.39, 0.29) is 30.7 Å². The van der Waals surface area contributed by atoms with E-state index in [0.29, 0.717) is 17.9 Å². The van der Waals surface area contributed by atoms with Crippen LogP contribution in [0.25, 0.3) is 5.82 Å². The molecule has 0 aliphatic carbocycles. The molecule has 0 saturated carbocycles. The molecule has 2 heterocycles. The van der Waals surface area contributed by atoms with Gasteiger partial charge in [-0.1, -0.05) is 0 Å². The molecule has 2 aromatic rings. The summed E-state index contributed by atoms with van der Waals surface area (Å²) in [6.07, 6.45) is 1.55. The maximum absolute atomic E-state index is 12.0. The zero-order chi connectivity index (χ0) is 15.6. The van der Waals surface area contributed by atoms with Crippen molar-refractivity contribution in [2.24, 2.45) is 5.73 Å². The minimum Gasteiger partial charge on any atom is -0.350 e. The van der Waals surface area contributed by atoms with Crippen LogP contribution in [0.3, 0.4) is 0 Å². The number of aryl methyl sites for hydroxylation is 2. The van der Waals surface area contributed by atoms with Gasteiger partial charge in [-0.05, 0) is 45.9 Å². The van der Waals surface area contributed by atoms with Gasteiger partial charge in [-0.15, -0.1) is 24.8 Å². The smallest absolute Gasteiger partial charge is 0.252 e. The van der Waals surface area contributed by atoms with E-state index in [1.807, 2.05) is 33.8 Å². The Hall–Kier alpha value is -1.63. The highest BCUT2D eigenvalue weighted by Crippen LogP contribution is 2.10. The number of carbonyl (C=O) groups is 1. The highest BCUT2D eigenvalue weighted by molar-refractivity contribution is 5.94. The molecular weight excluding hydrogens is 337 g/mol. The minimum atomic E-state index is -0.438. The Morgan fingerprint density at radius 3 is 2.39 bits per heavy atom. The van der Waals surface area contributed by atoms with Crippen LogP contribution in [0, 0.1) is 13.8 Å². The van der Waals surface area contributed by atoms with Gasteiger partial charge in [0.15, 0.2) is 5.82 Å². The number of nitrogens with zero attached hydrogens (tertiary/aromatic N) is 3. The summed E-state index contributed by atoms with van der Waals surface area (Å²) in [6.45, 7) is 8.02. The van der Waals surface area contributed by atoms with E-state index in [9.17, 15) is 4.79 Å². The lowest BCUT2D eigenvalue weighted by Gasteiger charge is -2.18. The van der Waals surface area contributed by atoms with Gasteiger partial charge >= 0.3 is 0 Å². The first kappa shape index (κ1) is 21.4. The summed E-state index contributed by atoms with van der Waals surface area (Å²) in [5.74, 6) is 0.511. The molecule has 2 aromatic heterocycles. The van der Waals surface area contributed by atoms with Crippen molar-refractivity contribution in [1.29, 1.82) is 0 Å². The van der Waals surface area contributed by atoms with Gasteiger partial charge in [-0.3, -0.25) is 4.79 Å². The third-order valence-corrected chi connectivity index (χ3v) is 2.94. The molecule has 0 unspecified atom stereocenters. The van der Waals surface area contributed by atoms with Gasteiger partial charge in [0.05, 0.1) is 11.3 Å². The number of hydrogen-bond acceptors (Lipinski definition) is 4. The first-order chi connectivity index (χ1) is 9.76. The predicted octanol–water partition coefficient (Wildman–Crippen LogP) is 2.19. The summed E-state index contributed by atoms with van der Waals surface area (Å²) in [5.41, 5.74) is 7.84. The Labute approximate surface area is 148 Å². The molecule has 1 amide bonds.